The van der Waals surface area contributed by atoms with Crippen molar-refractivity contribution >= 4 is 27.7 Å². The van der Waals surface area contributed by atoms with Crippen LogP contribution in [0, 0.1) is 0 Å². The van der Waals surface area contributed by atoms with Crippen LogP contribution in [0.15, 0.2) is 46.9 Å². The number of rotatable bonds is 7. The van der Waals surface area contributed by atoms with Crippen molar-refractivity contribution in [3.8, 4) is 11.5 Å². The van der Waals surface area contributed by atoms with E-state index in [1.165, 1.54) is 5.56 Å². The predicted molar refractivity (Wildman–Crippen MR) is 119 cm³/mol. The van der Waals surface area contributed by atoms with Gasteiger partial charge >= 0.3 is 0 Å². The summed E-state index contributed by atoms with van der Waals surface area (Å²) in [5.74, 6) is 1.16. The summed E-state index contributed by atoms with van der Waals surface area (Å²) in [6, 6.07) is 13.6. The van der Waals surface area contributed by atoms with Gasteiger partial charge in [0.25, 0.3) is 5.91 Å². The van der Waals surface area contributed by atoms with Crippen molar-refractivity contribution in [1.29, 1.82) is 0 Å². The number of hydrogen-bond donors (Lipinski definition) is 0. The predicted octanol–water partition coefficient (Wildman–Crippen LogP) is 3.77. The Morgan fingerprint density at radius 2 is 1.50 bits per heavy atom. The van der Waals surface area contributed by atoms with Crippen LogP contribution < -0.4 is 9.47 Å². The third-order valence-electron chi connectivity index (χ3n) is 5.31. The van der Waals surface area contributed by atoms with Gasteiger partial charge in [-0.3, -0.25) is 9.59 Å². The maximum absolute atomic E-state index is 12.9. The van der Waals surface area contributed by atoms with Crippen LogP contribution in [0.25, 0.3) is 0 Å². The minimum absolute atomic E-state index is 0.0877. The lowest BCUT2D eigenvalue weighted by atomic mass is 10.1. The Balaban J connectivity index is 1.52. The number of nitrogens with zero attached hydrogens (tertiary/aromatic N) is 2. The van der Waals surface area contributed by atoms with Crippen LogP contribution in [0.5, 0.6) is 11.5 Å². The molecule has 2 aromatic rings. The molecule has 6 nitrogen and oxygen atoms in total. The largest absolute Gasteiger partial charge is 0.495 e. The van der Waals surface area contributed by atoms with Gasteiger partial charge in [-0.2, -0.15) is 0 Å². The molecule has 7 heteroatoms. The summed E-state index contributed by atoms with van der Waals surface area (Å²) in [7, 11) is 3.10. The van der Waals surface area contributed by atoms with Crippen molar-refractivity contribution in [3.63, 3.8) is 0 Å². The van der Waals surface area contributed by atoms with Crippen molar-refractivity contribution in [1.82, 2.24) is 9.80 Å². The lowest BCUT2D eigenvalue weighted by Crippen LogP contribution is -2.50. The Labute approximate surface area is 185 Å². The molecule has 0 aromatic heterocycles. The average Bonchev–Trinajstić information content (AvgIpc) is 2.79. The first kappa shape index (κ1) is 22.2. The van der Waals surface area contributed by atoms with Crippen molar-refractivity contribution in [2.24, 2.45) is 0 Å². The maximum atomic E-state index is 12.9. The summed E-state index contributed by atoms with van der Waals surface area (Å²) >= 11 is 3.42. The third kappa shape index (κ3) is 5.33. The first-order chi connectivity index (χ1) is 14.5. The van der Waals surface area contributed by atoms with Gasteiger partial charge in [0.1, 0.15) is 16.0 Å². The Bertz CT molecular complexity index is 855. The van der Waals surface area contributed by atoms with Crippen LogP contribution >= 0.6 is 15.9 Å². The summed E-state index contributed by atoms with van der Waals surface area (Å²) in [4.78, 5) is 29.1. The Hall–Kier alpha value is -2.54. The molecule has 0 N–H and O–H groups in total. The molecule has 1 fully saturated rings. The number of benzene rings is 2. The molecule has 1 aliphatic rings. The van der Waals surface area contributed by atoms with E-state index in [9.17, 15) is 9.59 Å². The van der Waals surface area contributed by atoms with E-state index in [1.54, 1.807) is 31.3 Å². The van der Waals surface area contributed by atoms with E-state index in [-0.39, 0.29) is 11.8 Å². The van der Waals surface area contributed by atoms with Gasteiger partial charge in [0.05, 0.1) is 14.2 Å². The molecule has 0 spiro atoms. The molecule has 2 amide bonds. The topological polar surface area (TPSA) is 59.1 Å². The van der Waals surface area contributed by atoms with Crippen LogP contribution in [0.2, 0.25) is 0 Å². The molecule has 1 heterocycles. The van der Waals surface area contributed by atoms with Crippen LogP contribution in [-0.2, 0) is 11.2 Å². The molecule has 1 aliphatic heterocycles. The maximum Gasteiger partial charge on any atom is 0.254 e. The van der Waals surface area contributed by atoms with Crippen LogP contribution in [-0.4, -0.2) is 62.0 Å². The number of ether oxygens (including phenoxy) is 2. The molecule has 0 atom stereocenters. The molecule has 1 saturated heterocycles. The fraction of sp³-hybridized carbons (Fsp3) is 0.391. The number of piperazine rings is 1. The van der Waals surface area contributed by atoms with Gasteiger partial charge < -0.3 is 19.3 Å². The number of hydrogen-bond acceptors (Lipinski definition) is 4. The SMILES string of the molecule is COc1cc(C(=O)N2CCN(C(=O)CCCc3ccccc3)CC2)cc(OC)c1Br. The number of methoxy groups -OCH3 is 2. The van der Waals surface area contributed by atoms with Gasteiger partial charge in [-0.1, -0.05) is 30.3 Å². The summed E-state index contributed by atoms with van der Waals surface area (Å²) in [5.41, 5.74) is 1.76. The number of aryl methyl sites for hydroxylation is 1. The van der Waals surface area contributed by atoms with E-state index in [2.05, 4.69) is 28.1 Å². The molecule has 30 heavy (non-hydrogen) atoms. The van der Waals surface area contributed by atoms with Crippen LogP contribution in [0.4, 0.5) is 0 Å². The second kappa shape index (κ2) is 10.5. The Morgan fingerprint density at radius 3 is 2.07 bits per heavy atom. The van der Waals surface area contributed by atoms with Gasteiger partial charge in [-0.05, 0) is 46.5 Å². The van der Waals surface area contributed by atoms with Gasteiger partial charge in [-0.15, -0.1) is 0 Å². The summed E-state index contributed by atoms with van der Waals surface area (Å²) in [6.07, 6.45) is 2.27. The van der Waals surface area contributed by atoms with E-state index in [4.69, 9.17) is 9.47 Å². The normalized spacial score (nSPS) is 13.8. The molecule has 0 saturated carbocycles. The molecule has 2 aromatic carbocycles. The molecular weight excluding hydrogens is 448 g/mol. The molecule has 0 aliphatic carbocycles. The van der Waals surface area contributed by atoms with Crippen molar-refractivity contribution in [2.45, 2.75) is 19.3 Å². The number of halogens is 1. The molecule has 160 valence electrons. The molecule has 3 rings (SSSR count). The zero-order valence-electron chi connectivity index (χ0n) is 17.4. The Morgan fingerprint density at radius 1 is 0.933 bits per heavy atom. The zero-order valence-corrected chi connectivity index (χ0v) is 19.0. The van der Waals surface area contributed by atoms with Crippen LogP contribution in [0.3, 0.4) is 0 Å². The minimum Gasteiger partial charge on any atom is -0.495 e. The first-order valence-electron chi connectivity index (χ1n) is 10.1. The van der Waals surface area contributed by atoms with Gasteiger partial charge in [-0.25, -0.2) is 0 Å². The van der Waals surface area contributed by atoms with Gasteiger partial charge in [0, 0.05) is 38.2 Å². The minimum atomic E-state index is -0.0877. The van der Waals surface area contributed by atoms with E-state index in [0.717, 1.165) is 12.8 Å². The second-order valence-electron chi connectivity index (χ2n) is 7.21. The number of carbonyl (C=O) groups excluding carboxylic acids is 2. The summed E-state index contributed by atoms with van der Waals surface area (Å²) < 4.78 is 11.3. The van der Waals surface area contributed by atoms with E-state index in [1.807, 2.05) is 23.1 Å². The third-order valence-corrected chi connectivity index (χ3v) is 6.09. The van der Waals surface area contributed by atoms with E-state index >= 15 is 0 Å². The van der Waals surface area contributed by atoms with E-state index in [0.29, 0.717) is 54.1 Å². The highest BCUT2D eigenvalue weighted by Crippen LogP contribution is 2.36. The molecule has 0 unspecified atom stereocenters. The fourth-order valence-electron chi connectivity index (χ4n) is 3.58. The lowest BCUT2D eigenvalue weighted by molar-refractivity contribution is -0.132. The van der Waals surface area contributed by atoms with Crippen LogP contribution in [0.1, 0.15) is 28.8 Å². The lowest BCUT2D eigenvalue weighted by Gasteiger charge is -2.35. The van der Waals surface area contributed by atoms with Gasteiger partial charge in [0.2, 0.25) is 5.91 Å². The monoisotopic (exact) mass is 474 g/mol. The fourth-order valence-corrected chi connectivity index (χ4v) is 4.13. The van der Waals surface area contributed by atoms with E-state index < -0.39 is 0 Å². The standard InChI is InChI=1S/C23H27BrN2O4/c1-29-19-15-18(16-20(30-2)22(19)24)23(28)26-13-11-25(12-14-26)21(27)10-6-9-17-7-4-3-5-8-17/h3-5,7-8,15-16H,6,9-14H2,1-2H3. The summed E-state index contributed by atoms with van der Waals surface area (Å²) in [5, 5.41) is 0. The van der Waals surface area contributed by atoms with Crippen molar-refractivity contribution in [2.75, 3.05) is 40.4 Å². The molecular formula is C23H27BrN2O4. The zero-order chi connectivity index (χ0) is 21.5. The number of amides is 2. The molecule has 0 radical (unpaired) electrons. The Kier molecular flexibility index (Phi) is 7.74. The average molecular weight is 475 g/mol. The highest BCUT2D eigenvalue weighted by atomic mass is 79.9. The first-order valence-corrected chi connectivity index (χ1v) is 10.8. The molecule has 0 bridgehead atoms. The van der Waals surface area contributed by atoms with Crippen molar-refractivity contribution < 1.29 is 19.1 Å². The second-order valence-corrected chi connectivity index (χ2v) is 8.00. The highest BCUT2D eigenvalue weighted by molar-refractivity contribution is 9.10. The quantitative estimate of drug-likeness (QED) is 0.612. The smallest absolute Gasteiger partial charge is 0.254 e. The van der Waals surface area contributed by atoms with Crippen molar-refractivity contribution in [3.05, 3.63) is 58.1 Å². The summed E-state index contributed by atoms with van der Waals surface area (Å²) in [6.45, 7) is 2.15. The highest BCUT2D eigenvalue weighted by Gasteiger charge is 2.26. The number of carbonyl (C=O) groups is 2. The van der Waals surface area contributed by atoms with Gasteiger partial charge in [0.15, 0.2) is 0 Å².